The van der Waals surface area contributed by atoms with Gasteiger partial charge in [-0.1, -0.05) is 47.6 Å². The molecule has 30 heavy (non-hydrogen) atoms. The molecule has 0 saturated carbocycles. The van der Waals surface area contributed by atoms with Crippen molar-refractivity contribution in [2.24, 2.45) is 7.05 Å². The van der Waals surface area contributed by atoms with Gasteiger partial charge in [0.05, 0.1) is 5.56 Å². The van der Waals surface area contributed by atoms with Gasteiger partial charge in [-0.2, -0.15) is 4.98 Å². The fraction of sp³-hybridized carbons (Fsp3) is 0.190. The lowest BCUT2D eigenvalue weighted by Gasteiger charge is -2.27. The van der Waals surface area contributed by atoms with E-state index in [0.29, 0.717) is 15.9 Å². The summed E-state index contributed by atoms with van der Waals surface area (Å²) in [5.74, 6) is -2.64. The minimum absolute atomic E-state index is 0.0377. The Morgan fingerprint density at radius 2 is 2.00 bits per heavy atom. The van der Waals surface area contributed by atoms with Gasteiger partial charge < -0.3 is 9.88 Å². The van der Waals surface area contributed by atoms with Crippen molar-refractivity contribution in [2.75, 3.05) is 5.32 Å². The molecule has 2 aromatic carbocycles. The molecule has 1 atom stereocenters. The first-order valence-electron chi connectivity index (χ1n) is 9.07. The van der Waals surface area contributed by atoms with Crippen LogP contribution in [0.15, 0.2) is 52.4 Å². The maximum atomic E-state index is 14.4. The van der Waals surface area contributed by atoms with E-state index in [1.165, 1.54) is 23.9 Å². The highest BCUT2D eigenvalue weighted by molar-refractivity contribution is 7.98. The normalized spacial score (nSPS) is 15.6. The second kappa shape index (κ2) is 8.20. The zero-order chi connectivity index (χ0) is 21.4. The third kappa shape index (κ3) is 3.85. The largest absolute Gasteiger partial charge is 0.312 e. The number of nitrogens with zero attached hydrogens (tertiary/aromatic N) is 2. The van der Waals surface area contributed by atoms with E-state index in [1.54, 1.807) is 17.7 Å². The number of thioether (sulfide) groups is 1. The molecule has 0 radical (unpaired) electrons. The molecular formula is C21H16ClF2N3O2S. The van der Waals surface area contributed by atoms with Gasteiger partial charge in [0.2, 0.25) is 5.91 Å². The van der Waals surface area contributed by atoms with Gasteiger partial charge in [0, 0.05) is 30.2 Å². The minimum Gasteiger partial charge on any atom is -0.312 e. The first-order chi connectivity index (χ1) is 14.3. The molecule has 0 aliphatic carbocycles. The number of hydrogen-bond donors (Lipinski definition) is 1. The number of halogens is 3. The molecule has 154 valence electrons. The molecule has 5 nitrogen and oxygen atoms in total. The second-order valence-electron chi connectivity index (χ2n) is 6.89. The third-order valence-corrected chi connectivity index (χ3v) is 6.25. The van der Waals surface area contributed by atoms with Crippen molar-refractivity contribution in [3.63, 3.8) is 0 Å². The van der Waals surface area contributed by atoms with Crippen LogP contribution in [-0.4, -0.2) is 15.5 Å². The molecule has 0 fully saturated rings. The predicted octanol–water partition coefficient (Wildman–Crippen LogP) is 4.48. The van der Waals surface area contributed by atoms with Gasteiger partial charge in [0.1, 0.15) is 5.82 Å². The molecule has 0 saturated heterocycles. The molecule has 0 unspecified atom stereocenters. The van der Waals surface area contributed by atoms with Crippen LogP contribution in [0.3, 0.4) is 0 Å². The van der Waals surface area contributed by atoms with Crippen molar-refractivity contribution in [3.05, 3.63) is 86.2 Å². The molecule has 1 aliphatic rings. The lowest BCUT2D eigenvalue weighted by atomic mass is 9.86. The van der Waals surface area contributed by atoms with Gasteiger partial charge in [-0.3, -0.25) is 9.59 Å². The molecule has 9 heteroatoms. The van der Waals surface area contributed by atoms with Crippen LogP contribution in [0.5, 0.6) is 0 Å². The zero-order valence-corrected chi connectivity index (χ0v) is 17.4. The van der Waals surface area contributed by atoms with Crippen LogP contribution in [0.25, 0.3) is 0 Å². The molecule has 1 amide bonds. The predicted molar refractivity (Wildman–Crippen MR) is 112 cm³/mol. The third-order valence-electron chi connectivity index (χ3n) is 4.91. The molecule has 1 aliphatic heterocycles. The maximum absolute atomic E-state index is 14.4. The fourth-order valence-electron chi connectivity index (χ4n) is 3.49. The Hall–Kier alpha value is -2.71. The van der Waals surface area contributed by atoms with E-state index < -0.39 is 23.1 Å². The summed E-state index contributed by atoms with van der Waals surface area (Å²) in [6.45, 7) is 0. The summed E-state index contributed by atoms with van der Waals surface area (Å²) < 4.78 is 29.8. The van der Waals surface area contributed by atoms with Crippen LogP contribution in [0.4, 0.5) is 14.6 Å². The lowest BCUT2D eigenvalue weighted by molar-refractivity contribution is -0.116. The first-order valence-corrected chi connectivity index (χ1v) is 10.4. The van der Waals surface area contributed by atoms with Crippen molar-refractivity contribution in [3.8, 4) is 0 Å². The number of aromatic nitrogens is 2. The van der Waals surface area contributed by atoms with E-state index in [4.69, 9.17) is 11.6 Å². The van der Waals surface area contributed by atoms with E-state index in [9.17, 15) is 18.4 Å². The Kier molecular flexibility index (Phi) is 5.62. The lowest BCUT2D eigenvalue weighted by Crippen LogP contribution is -2.34. The fourth-order valence-corrected chi connectivity index (χ4v) is 4.61. The summed E-state index contributed by atoms with van der Waals surface area (Å²) in [4.78, 5) is 29.3. The highest BCUT2D eigenvalue weighted by Crippen LogP contribution is 2.37. The Balaban J connectivity index is 1.75. The SMILES string of the molecule is Cn1c(SCc2cccc(Cl)c2)nc(=O)c2c1NC(=O)C[C@@H]2c1cccc(F)c1F. The summed E-state index contributed by atoms with van der Waals surface area (Å²) in [5, 5.41) is 3.68. The van der Waals surface area contributed by atoms with Crippen molar-refractivity contribution in [2.45, 2.75) is 23.2 Å². The van der Waals surface area contributed by atoms with E-state index in [0.717, 1.165) is 11.6 Å². The monoisotopic (exact) mass is 447 g/mol. The van der Waals surface area contributed by atoms with Gasteiger partial charge in [0.15, 0.2) is 16.8 Å². The van der Waals surface area contributed by atoms with Crippen LogP contribution in [0, 0.1) is 11.6 Å². The highest BCUT2D eigenvalue weighted by Gasteiger charge is 2.34. The van der Waals surface area contributed by atoms with Gasteiger partial charge in [-0.15, -0.1) is 0 Å². The van der Waals surface area contributed by atoms with Crippen LogP contribution in [0.1, 0.15) is 29.0 Å². The number of carbonyl (C=O) groups excluding carboxylic acids is 1. The number of rotatable bonds is 4. The van der Waals surface area contributed by atoms with E-state index in [2.05, 4.69) is 10.3 Å². The summed E-state index contributed by atoms with van der Waals surface area (Å²) in [7, 11) is 1.66. The number of anilines is 1. The second-order valence-corrected chi connectivity index (χ2v) is 8.27. The Morgan fingerprint density at radius 1 is 1.23 bits per heavy atom. The summed E-state index contributed by atoms with van der Waals surface area (Å²) in [6.07, 6.45) is -0.167. The summed E-state index contributed by atoms with van der Waals surface area (Å²) in [6, 6.07) is 11.0. The Bertz CT molecular complexity index is 1220. The number of amides is 1. The smallest absolute Gasteiger partial charge is 0.279 e. The maximum Gasteiger partial charge on any atom is 0.279 e. The van der Waals surface area contributed by atoms with E-state index in [-0.39, 0.29) is 29.3 Å². The molecule has 3 aromatic rings. The van der Waals surface area contributed by atoms with Crippen LogP contribution in [0.2, 0.25) is 5.02 Å². The topological polar surface area (TPSA) is 64.0 Å². The number of fused-ring (bicyclic) bond motifs is 1. The Labute approximate surface area is 180 Å². The van der Waals surface area contributed by atoms with Crippen LogP contribution < -0.4 is 10.9 Å². The molecule has 0 spiro atoms. The summed E-state index contributed by atoms with van der Waals surface area (Å²) in [5.41, 5.74) is 0.478. The molecule has 1 N–H and O–H groups in total. The van der Waals surface area contributed by atoms with Gasteiger partial charge >= 0.3 is 0 Å². The van der Waals surface area contributed by atoms with Crippen molar-refractivity contribution < 1.29 is 13.6 Å². The van der Waals surface area contributed by atoms with Gasteiger partial charge in [-0.25, -0.2) is 8.78 Å². The average molecular weight is 448 g/mol. The van der Waals surface area contributed by atoms with E-state index >= 15 is 0 Å². The van der Waals surface area contributed by atoms with Gasteiger partial charge in [-0.05, 0) is 29.3 Å². The number of benzene rings is 2. The van der Waals surface area contributed by atoms with Crippen molar-refractivity contribution >= 4 is 35.1 Å². The zero-order valence-electron chi connectivity index (χ0n) is 15.8. The molecular weight excluding hydrogens is 432 g/mol. The number of carbonyl (C=O) groups is 1. The van der Waals surface area contributed by atoms with Crippen molar-refractivity contribution in [1.29, 1.82) is 0 Å². The number of hydrogen-bond acceptors (Lipinski definition) is 4. The minimum atomic E-state index is -1.07. The standard InChI is InChI=1S/C21H16ClF2N3O2S/c1-27-19-17(14(9-16(28)25-19)13-6-3-7-15(23)18(13)24)20(29)26-21(27)30-10-11-4-2-5-12(22)8-11/h2-8,14H,9-10H2,1H3,(H,25,28)/t14-/m1/s1. The first kappa shape index (κ1) is 20.6. The number of nitrogens with one attached hydrogen (secondary N) is 1. The van der Waals surface area contributed by atoms with Crippen LogP contribution in [-0.2, 0) is 17.6 Å². The summed E-state index contributed by atoms with van der Waals surface area (Å²) >= 11 is 7.31. The molecule has 0 bridgehead atoms. The molecule has 1 aromatic heterocycles. The highest BCUT2D eigenvalue weighted by atomic mass is 35.5. The quantitative estimate of drug-likeness (QED) is 0.473. The average Bonchev–Trinajstić information content (AvgIpc) is 2.71. The molecule has 2 heterocycles. The van der Waals surface area contributed by atoms with Crippen LogP contribution >= 0.6 is 23.4 Å². The van der Waals surface area contributed by atoms with E-state index in [1.807, 2.05) is 18.2 Å². The molecule has 4 rings (SSSR count). The Morgan fingerprint density at radius 3 is 2.77 bits per heavy atom. The van der Waals surface area contributed by atoms with Gasteiger partial charge in [0.25, 0.3) is 5.56 Å². The van der Waals surface area contributed by atoms with Crippen molar-refractivity contribution in [1.82, 2.24) is 9.55 Å².